The maximum atomic E-state index is 11.7. The Hall–Kier alpha value is -1.88. The summed E-state index contributed by atoms with van der Waals surface area (Å²) in [6.45, 7) is 6.40. The van der Waals surface area contributed by atoms with Crippen molar-refractivity contribution >= 4 is 22.8 Å². The number of aromatic nitrogens is 1. The normalized spacial score (nSPS) is 20.3. The van der Waals surface area contributed by atoms with E-state index in [-0.39, 0.29) is 18.2 Å². The molecule has 0 radical (unpaired) electrons. The Labute approximate surface area is 158 Å². The van der Waals surface area contributed by atoms with Crippen molar-refractivity contribution in [3.05, 3.63) is 33.5 Å². The van der Waals surface area contributed by atoms with Crippen LogP contribution in [-0.4, -0.2) is 11.1 Å². The van der Waals surface area contributed by atoms with Crippen LogP contribution >= 0.6 is 11.3 Å². The zero-order valence-electron chi connectivity index (χ0n) is 15.7. The van der Waals surface area contributed by atoms with Gasteiger partial charge >= 0.3 is 0 Å². The fraction of sp³-hybridized carbons (Fsp3) is 0.524. The van der Waals surface area contributed by atoms with Gasteiger partial charge in [0.05, 0.1) is 11.3 Å². The van der Waals surface area contributed by atoms with Crippen LogP contribution in [0.25, 0.3) is 16.0 Å². The highest BCUT2D eigenvalue weighted by molar-refractivity contribution is 7.16. The van der Waals surface area contributed by atoms with Crippen molar-refractivity contribution in [1.29, 1.82) is 0 Å². The summed E-state index contributed by atoms with van der Waals surface area (Å²) in [5.74, 6) is 0.935. The quantitative estimate of drug-likeness (QED) is 0.800. The van der Waals surface area contributed by atoms with Crippen molar-refractivity contribution in [2.24, 2.45) is 11.7 Å². The molecule has 5 heteroatoms. The maximum Gasteiger partial charge on any atom is 0.218 e. The first-order valence-electron chi connectivity index (χ1n) is 9.54. The Bertz CT molecular complexity index is 884. The summed E-state index contributed by atoms with van der Waals surface area (Å²) < 4.78 is 5.73. The molecule has 1 fully saturated rings. The highest BCUT2D eigenvalue weighted by Crippen LogP contribution is 2.51. The Kier molecular flexibility index (Phi) is 4.51. The molecular formula is C21H26N2O2S. The number of hydrogen-bond acceptors (Lipinski definition) is 4. The summed E-state index contributed by atoms with van der Waals surface area (Å²) in [7, 11) is 0. The lowest BCUT2D eigenvalue weighted by molar-refractivity contribution is -0.118. The number of rotatable bonds is 3. The summed E-state index contributed by atoms with van der Waals surface area (Å²) in [4.78, 5) is 14.4. The van der Waals surface area contributed by atoms with Crippen LogP contribution in [0.15, 0.2) is 10.6 Å². The molecule has 0 aromatic carbocycles. The van der Waals surface area contributed by atoms with Crippen molar-refractivity contribution < 1.29 is 9.32 Å². The summed E-state index contributed by atoms with van der Waals surface area (Å²) in [5.41, 5.74) is 11.7. The van der Waals surface area contributed by atoms with Crippen molar-refractivity contribution in [2.75, 3.05) is 0 Å². The Morgan fingerprint density at radius 1 is 1.23 bits per heavy atom. The molecule has 1 amide bonds. The van der Waals surface area contributed by atoms with Crippen molar-refractivity contribution in [3.63, 3.8) is 0 Å². The van der Waals surface area contributed by atoms with Crippen LogP contribution < -0.4 is 5.73 Å². The fourth-order valence-electron chi connectivity index (χ4n) is 4.57. The number of aryl methyl sites for hydroxylation is 2. The number of carbonyl (C=O) groups excluding carboxylic acids is 1. The van der Waals surface area contributed by atoms with Crippen LogP contribution in [0.3, 0.4) is 0 Å². The van der Waals surface area contributed by atoms with Crippen LogP contribution in [-0.2, 0) is 4.79 Å². The molecule has 0 spiro atoms. The summed E-state index contributed by atoms with van der Waals surface area (Å²) in [6, 6.07) is 0. The highest BCUT2D eigenvalue weighted by atomic mass is 32.1. The van der Waals surface area contributed by atoms with Gasteiger partial charge in [-0.1, -0.05) is 30.5 Å². The Balaban J connectivity index is 1.95. The molecule has 2 aromatic heterocycles. The number of hydrogen-bond donors (Lipinski definition) is 1. The first-order chi connectivity index (χ1) is 12.5. The van der Waals surface area contributed by atoms with Crippen LogP contribution in [0.4, 0.5) is 0 Å². The van der Waals surface area contributed by atoms with Gasteiger partial charge in [0.1, 0.15) is 0 Å². The third-order valence-electron chi connectivity index (χ3n) is 5.97. The van der Waals surface area contributed by atoms with Gasteiger partial charge in [-0.2, -0.15) is 0 Å². The lowest BCUT2D eigenvalue weighted by Crippen LogP contribution is -2.15. The van der Waals surface area contributed by atoms with E-state index < -0.39 is 0 Å². The molecule has 0 aliphatic heterocycles. The van der Waals surface area contributed by atoms with Crippen molar-refractivity contribution in [1.82, 2.24) is 5.16 Å². The number of fused-ring (bicyclic) bond motifs is 3. The van der Waals surface area contributed by atoms with Crippen LogP contribution in [0.5, 0.6) is 0 Å². The molecule has 4 rings (SSSR count). The number of carbonyl (C=O) groups is 1. The summed E-state index contributed by atoms with van der Waals surface area (Å²) in [5, 5.41) is 4.22. The zero-order valence-corrected chi connectivity index (χ0v) is 16.5. The number of primary amides is 1. The second-order valence-corrected chi connectivity index (χ2v) is 8.95. The van der Waals surface area contributed by atoms with Gasteiger partial charge in [-0.05, 0) is 56.2 Å². The average molecular weight is 371 g/mol. The van der Waals surface area contributed by atoms with E-state index in [1.807, 2.05) is 18.3 Å². The second kappa shape index (κ2) is 6.69. The predicted molar refractivity (Wildman–Crippen MR) is 105 cm³/mol. The molecular weight excluding hydrogens is 344 g/mol. The minimum absolute atomic E-state index is 0.125. The van der Waals surface area contributed by atoms with Gasteiger partial charge in [0.15, 0.2) is 5.76 Å². The largest absolute Gasteiger partial charge is 0.370 e. The molecule has 2 N–H and O–H groups in total. The van der Waals surface area contributed by atoms with Gasteiger partial charge in [-0.25, -0.2) is 0 Å². The standard InChI is InChI=1S/C21H26N2O2S/c1-11-13(3)26-21-18(11)16(14-7-5-4-6-8-14)9-15(10-17(22)24)20-19(21)12(2)23-25-20/h9,14-15H,4-8,10H2,1-3H3,(H2,22,24)/t15-/m0/s1. The van der Waals surface area contributed by atoms with Gasteiger partial charge < -0.3 is 10.3 Å². The molecule has 0 bridgehead atoms. The number of thiophene rings is 1. The summed E-state index contributed by atoms with van der Waals surface area (Å²) in [6.07, 6.45) is 8.88. The van der Waals surface area contributed by atoms with Gasteiger partial charge in [0, 0.05) is 22.1 Å². The van der Waals surface area contributed by atoms with E-state index in [0.29, 0.717) is 5.92 Å². The molecule has 2 aromatic rings. The van der Waals surface area contributed by atoms with Gasteiger partial charge in [-0.15, -0.1) is 11.3 Å². The molecule has 0 unspecified atom stereocenters. The Morgan fingerprint density at radius 2 is 1.96 bits per heavy atom. The SMILES string of the molecule is Cc1noc2c1-c1sc(C)c(C)c1C(C1CCCCC1)=C[C@H]2CC(N)=O. The first-order valence-corrected chi connectivity index (χ1v) is 10.4. The minimum Gasteiger partial charge on any atom is -0.370 e. The van der Waals surface area contributed by atoms with E-state index in [0.717, 1.165) is 17.0 Å². The topological polar surface area (TPSA) is 69.1 Å². The fourth-order valence-corrected chi connectivity index (χ4v) is 5.85. The number of nitrogens with zero attached hydrogens (tertiary/aromatic N) is 1. The second-order valence-electron chi connectivity index (χ2n) is 7.73. The number of amides is 1. The van der Waals surface area contributed by atoms with Crippen LogP contribution in [0.1, 0.15) is 71.9 Å². The third-order valence-corrected chi connectivity index (χ3v) is 7.20. The number of allylic oxidation sites excluding steroid dienone is 2. The molecule has 1 atom stereocenters. The molecule has 138 valence electrons. The maximum absolute atomic E-state index is 11.7. The molecule has 0 saturated heterocycles. The van der Waals surface area contributed by atoms with Crippen molar-refractivity contribution in [2.45, 2.75) is 65.2 Å². The number of nitrogens with two attached hydrogens (primary N) is 1. The molecule has 4 nitrogen and oxygen atoms in total. The lowest BCUT2D eigenvalue weighted by atomic mass is 9.79. The van der Waals surface area contributed by atoms with E-state index in [1.165, 1.54) is 58.6 Å². The van der Waals surface area contributed by atoms with Gasteiger partial charge in [0.2, 0.25) is 5.91 Å². The molecule has 2 aliphatic carbocycles. The molecule has 26 heavy (non-hydrogen) atoms. The highest BCUT2D eigenvalue weighted by Gasteiger charge is 2.34. The monoisotopic (exact) mass is 370 g/mol. The van der Waals surface area contributed by atoms with Crippen LogP contribution in [0, 0.1) is 26.7 Å². The predicted octanol–water partition coefficient (Wildman–Crippen LogP) is 5.26. The van der Waals surface area contributed by atoms with Crippen molar-refractivity contribution in [3.8, 4) is 10.4 Å². The van der Waals surface area contributed by atoms with E-state index in [2.05, 4.69) is 25.1 Å². The lowest BCUT2D eigenvalue weighted by Gasteiger charge is -2.26. The van der Waals surface area contributed by atoms with E-state index in [1.54, 1.807) is 0 Å². The third kappa shape index (κ3) is 2.82. The van der Waals surface area contributed by atoms with E-state index in [9.17, 15) is 4.79 Å². The first kappa shape index (κ1) is 17.5. The van der Waals surface area contributed by atoms with Crippen LogP contribution in [0.2, 0.25) is 0 Å². The molecule has 2 heterocycles. The minimum atomic E-state index is -0.299. The van der Waals surface area contributed by atoms with Gasteiger partial charge in [-0.3, -0.25) is 4.79 Å². The average Bonchev–Trinajstić information content (AvgIpc) is 3.08. The summed E-state index contributed by atoms with van der Waals surface area (Å²) >= 11 is 1.82. The smallest absolute Gasteiger partial charge is 0.218 e. The zero-order chi connectivity index (χ0) is 18.4. The Morgan fingerprint density at radius 3 is 2.65 bits per heavy atom. The van der Waals surface area contributed by atoms with E-state index in [4.69, 9.17) is 10.3 Å². The van der Waals surface area contributed by atoms with Gasteiger partial charge in [0.25, 0.3) is 0 Å². The van der Waals surface area contributed by atoms with E-state index >= 15 is 0 Å². The molecule has 2 aliphatic rings. The molecule has 1 saturated carbocycles.